The predicted molar refractivity (Wildman–Crippen MR) is 196 cm³/mol. The van der Waals surface area contributed by atoms with Crippen molar-refractivity contribution in [1.29, 1.82) is 0 Å². The first kappa shape index (κ1) is 35.7. The molecule has 2 amide bonds. The second kappa shape index (κ2) is 12.6. The van der Waals surface area contributed by atoms with Gasteiger partial charge in [-0.25, -0.2) is 21.8 Å². The average molecular weight is 752 g/mol. The van der Waals surface area contributed by atoms with Gasteiger partial charge in [0.1, 0.15) is 11.4 Å². The molecule has 3 saturated carbocycles. The molecular weight excluding hydrogens is 703 g/mol. The summed E-state index contributed by atoms with van der Waals surface area (Å²) in [5.74, 6) is -2.04. The number of sulfonamides is 1. The van der Waals surface area contributed by atoms with E-state index < -0.39 is 58.7 Å². The molecule has 3 aliphatic carbocycles. The smallest absolute Gasteiger partial charge is 0.240 e. The van der Waals surface area contributed by atoms with Gasteiger partial charge in [0.2, 0.25) is 21.8 Å². The number of nitrogens with zero attached hydrogens (tertiary/aromatic N) is 2. The summed E-state index contributed by atoms with van der Waals surface area (Å²) in [6.07, 6.45) is 11.1. The Morgan fingerprint density at radius 3 is 2.54 bits per heavy atom. The third kappa shape index (κ3) is 6.37. The van der Waals surface area contributed by atoms with Crippen LogP contribution >= 0.6 is 0 Å². The number of aryl methyl sites for hydroxylation is 2. The van der Waals surface area contributed by atoms with Crippen LogP contribution in [0, 0.1) is 24.2 Å². The van der Waals surface area contributed by atoms with Crippen LogP contribution in [0.3, 0.4) is 0 Å². The standard InChI is InChI=1S/C39H49N3O8S2/c1-25-34-30(29-12-8-9-13-31(29)40-25)16-17-38(50-34)21-32-33(43)22-39(36(45)41-52(48,49)37(2)18-19-37)20-27(39)11-7-5-3-4-6-10-26(35(44)42(32)24-38)23-51(46,47)28-14-15-28/h7-9,11-13,26-28,32H,3-6,10,14-24H2,1-2H3,(H,41,45)/b11-7-/t26-,27-,32+,38-,39-/m1/s1. The molecule has 6 aliphatic rings. The van der Waals surface area contributed by atoms with Crippen LogP contribution in [0.2, 0.25) is 0 Å². The molecule has 1 aromatic heterocycles. The van der Waals surface area contributed by atoms with Crippen molar-refractivity contribution < 1.29 is 36.0 Å². The summed E-state index contributed by atoms with van der Waals surface area (Å²) in [6.45, 7) is 3.63. The van der Waals surface area contributed by atoms with Gasteiger partial charge in [-0.1, -0.05) is 43.2 Å². The number of carbonyl (C=O) groups excluding carboxylic acids is 3. The number of para-hydroxylation sites is 1. The van der Waals surface area contributed by atoms with Crippen LogP contribution in [0.15, 0.2) is 36.4 Å². The molecule has 1 spiro atoms. The number of hydrogen-bond donors (Lipinski definition) is 1. The number of ether oxygens (including phenoxy) is 1. The monoisotopic (exact) mass is 751 g/mol. The Bertz CT molecular complexity index is 2090. The zero-order chi connectivity index (χ0) is 36.7. The topological polar surface area (TPSA) is 157 Å². The number of hydrogen-bond acceptors (Lipinski definition) is 9. The van der Waals surface area contributed by atoms with Crippen LogP contribution < -0.4 is 9.46 Å². The zero-order valence-corrected chi connectivity index (χ0v) is 31.7. The van der Waals surface area contributed by atoms with Gasteiger partial charge >= 0.3 is 0 Å². The molecule has 280 valence electrons. The summed E-state index contributed by atoms with van der Waals surface area (Å²) in [6, 6.07) is 6.95. The first-order chi connectivity index (χ1) is 24.7. The van der Waals surface area contributed by atoms with Crippen LogP contribution in [0.1, 0.15) is 102 Å². The predicted octanol–water partition coefficient (Wildman–Crippen LogP) is 4.89. The summed E-state index contributed by atoms with van der Waals surface area (Å²) < 4.78 is 61.3. The molecule has 5 atom stereocenters. The Hall–Kier alpha value is -3.32. The minimum atomic E-state index is -3.94. The van der Waals surface area contributed by atoms with E-state index in [1.165, 1.54) is 0 Å². The maximum absolute atomic E-state index is 14.7. The molecule has 1 N–H and O–H groups in total. The average Bonchev–Trinajstić information content (AvgIpc) is 4.02. The van der Waals surface area contributed by atoms with E-state index in [9.17, 15) is 31.2 Å². The highest BCUT2D eigenvalue weighted by Crippen LogP contribution is 2.58. The largest absolute Gasteiger partial charge is 0.483 e. The molecule has 4 heterocycles. The maximum atomic E-state index is 14.7. The molecule has 1 saturated heterocycles. The molecule has 8 rings (SSSR count). The normalized spacial score (nSPS) is 32.5. The number of Topliss-reactive ketones (excluding diaryl/α,β-unsaturated/α-hetero) is 1. The fourth-order valence-corrected chi connectivity index (χ4v) is 12.3. The quantitative estimate of drug-likeness (QED) is 0.406. The molecule has 4 fully saturated rings. The van der Waals surface area contributed by atoms with Gasteiger partial charge in [0, 0.05) is 23.8 Å². The van der Waals surface area contributed by atoms with Gasteiger partial charge < -0.3 is 9.64 Å². The van der Waals surface area contributed by atoms with Crippen molar-refractivity contribution in [3.8, 4) is 5.75 Å². The van der Waals surface area contributed by atoms with Crippen LogP contribution in [0.25, 0.3) is 10.9 Å². The van der Waals surface area contributed by atoms with Crippen LogP contribution in [-0.4, -0.2) is 78.3 Å². The Labute approximate surface area is 306 Å². The van der Waals surface area contributed by atoms with Crippen molar-refractivity contribution in [2.24, 2.45) is 17.3 Å². The van der Waals surface area contributed by atoms with Gasteiger partial charge in [0.15, 0.2) is 15.6 Å². The zero-order valence-electron chi connectivity index (χ0n) is 30.1. The van der Waals surface area contributed by atoms with Crippen molar-refractivity contribution in [3.05, 3.63) is 47.7 Å². The van der Waals surface area contributed by atoms with Crippen molar-refractivity contribution in [2.45, 2.75) is 125 Å². The molecule has 13 heteroatoms. The number of allylic oxidation sites excluding steroid dienone is 2. The number of benzene rings is 1. The summed E-state index contributed by atoms with van der Waals surface area (Å²) in [4.78, 5) is 49.7. The fourth-order valence-electron chi connectivity index (χ4n) is 8.92. The summed E-state index contributed by atoms with van der Waals surface area (Å²) >= 11 is 0. The van der Waals surface area contributed by atoms with E-state index >= 15 is 0 Å². The summed E-state index contributed by atoms with van der Waals surface area (Å²) in [5.41, 5.74) is 0.475. The Balaban J connectivity index is 1.14. The number of aromatic nitrogens is 1. The number of ketones is 1. The lowest BCUT2D eigenvalue weighted by atomic mass is 9.85. The van der Waals surface area contributed by atoms with Gasteiger partial charge in [0.25, 0.3) is 0 Å². The van der Waals surface area contributed by atoms with Crippen LogP contribution in [0.5, 0.6) is 5.75 Å². The third-order valence-electron chi connectivity index (χ3n) is 12.8. The van der Waals surface area contributed by atoms with E-state index in [1.807, 2.05) is 43.3 Å². The van der Waals surface area contributed by atoms with E-state index in [0.29, 0.717) is 63.5 Å². The van der Waals surface area contributed by atoms with Crippen molar-refractivity contribution in [1.82, 2.24) is 14.6 Å². The number of carbonyl (C=O) groups is 3. The lowest BCUT2D eigenvalue weighted by Crippen LogP contribution is -2.48. The van der Waals surface area contributed by atoms with E-state index in [-0.39, 0.29) is 42.7 Å². The first-order valence-corrected chi connectivity index (χ1v) is 22.2. The molecule has 3 aliphatic heterocycles. The number of amides is 2. The summed E-state index contributed by atoms with van der Waals surface area (Å²) in [5, 5.41) is 0.589. The van der Waals surface area contributed by atoms with Crippen LogP contribution in [-0.2, 0) is 40.7 Å². The fraction of sp³-hybridized carbons (Fsp3) is 0.641. The SMILES string of the molecule is Cc1nc2ccccc2c2c1O[C@]1(CC2)C[C@H]2C(=O)C[C@]3(C(=O)NS(=O)(=O)C4(C)CC4)C[C@H]3/C=C\CCCCC[C@H](CS(=O)(=O)C3CC3)C(=O)N2C1. The molecule has 0 bridgehead atoms. The van der Waals surface area contributed by atoms with E-state index in [2.05, 4.69) is 4.72 Å². The first-order valence-electron chi connectivity index (χ1n) is 19.0. The minimum absolute atomic E-state index is 0.114. The molecule has 11 nitrogen and oxygen atoms in total. The van der Waals surface area contributed by atoms with Gasteiger partial charge in [-0.3, -0.25) is 19.1 Å². The highest BCUT2D eigenvalue weighted by molar-refractivity contribution is 7.92. The van der Waals surface area contributed by atoms with E-state index in [0.717, 1.165) is 41.4 Å². The van der Waals surface area contributed by atoms with Gasteiger partial charge in [0.05, 0.1) is 50.9 Å². The molecular formula is C39H49N3O8S2. The molecule has 2 aromatic rings. The second-order valence-corrected chi connectivity index (χ2v) is 21.3. The third-order valence-corrected chi connectivity index (χ3v) is 17.4. The molecule has 1 aromatic carbocycles. The summed E-state index contributed by atoms with van der Waals surface area (Å²) in [7, 11) is -7.42. The lowest BCUT2D eigenvalue weighted by Gasteiger charge is -2.36. The van der Waals surface area contributed by atoms with Gasteiger partial charge in [-0.05, 0) is 90.0 Å². The van der Waals surface area contributed by atoms with Crippen molar-refractivity contribution in [2.75, 3.05) is 12.3 Å². The Kier molecular flexibility index (Phi) is 8.67. The second-order valence-electron chi connectivity index (χ2n) is 16.8. The lowest BCUT2D eigenvalue weighted by molar-refractivity contribution is -0.141. The minimum Gasteiger partial charge on any atom is -0.483 e. The molecule has 0 radical (unpaired) electrons. The van der Waals surface area contributed by atoms with Crippen LogP contribution in [0.4, 0.5) is 0 Å². The Morgan fingerprint density at radius 2 is 1.79 bits per heavy atom. The molecule has 52 heavy (non-hydrogen) atoms. The van der Waals surface area contributed by atoms with Gasteiger partial charge in [-0.2, -0.15) is 0 Å². The Morgan fingerprint density at radius 1 is 1.02 bits per heavy atom. The van der Waals surface area contributed by atoms with Crippen molar-refractivity contribution in [3.63, 3.8) is 0 Å². The van der Waals surface area contributed by atoms with Crippen molar-refractivity contribution >= 4 is 48.4 Å². The number of fused-ring (bicyclic) bond motifs is 5. The number of nitrogens with one attached hydrogen (secondary N) is 1. The molecule has 0 unspecified atom stereocenters. The van der Waals surface area contributed by atoms with Gasteiger partial charge in [-0.15, -0.1) is 0 Å². The highest BCUT2D eigenvalue weighted by Gasteiger charge is 2.63. The van der Waals surface area contributed by atoms with E-state index in [1.54, 1.807) is 11.8 Å². The highest BCUT2D eigenvalue weighted by atomic mass is 32.2. The number of sulfone groups is 1. The number of rotatable bonds is 6. The number of pyridine rings is 1. The maximum Gasteiger partial charge on any atom is 0.240 e. The van der Waals surface area contributed by atoms with E-state index in [4.69, 9.17) is 9.72 Å².